The van der Waals surface area contributed by atoms with Crippen LogP contribution in [0.4, 0.5) is 0 Å². The summed E-state index contributed by atoms with van der Waals surface area (Å²) in [7, 11) is 0. The third kappa shape index (κ3) is 21.6. The first kappa shape index (κ1) is 42.0. The van der Waals surface area contributed by atoms with Gasteiger partial charge >= 0.3 is 0 Å². The van der Waals surface area contributed by atoms with E-state index < -0.39 is 0 Å². The van der Waals surface area contributed by atoms with Crippen molar-refractivity contribution in [2.45, 2.75) is 240 Å². The molecule has 42 heavy (non-hydrogen) atoms. The fourth-order valence-electron chi connectivity index (χ4n) is 7.47. The van der Waals surface area contributed by atoms with Gasteiger partial charge in [0.05, 0.1) is 0 Å². The van der Waals surface area contributed by atoms with Crippen LogP contribution in [0, 0.1) is 11.8 Å². The summed E-state index contributed by atoms with van der Waals surface area (Å²) in [5.74, 6) is 1.76. The van der Waals surface area contributed by atoms with Crippen LogP contribution in [-0.2, 0) is 0 Å². The van der Waals surface area contributed by atoms with Crippen molar-refractivity contribution in [2.24, 2.45) is 11.8 Å². The number of hydrogen-bond donors (Lipinski definition) is 0. The number of unbranched alkanes of at least 4 members (excludes halogenated alkanes) is 17. The van der Waals surface area contributed by atoms with Crippen molar-refractivity contribution in [3.05, 3.63) is 0 Å². The molecule has 0 heterocycles. The molecule has 0 saturated heterocycles. The second-order valence-electron chi connectivity index (χ2n) is 14.5. The van der Waals surface area contributed by atoms with Gasteiger partial charge in [-0.1, -0.05) is 203 Å². The first-order valence-corrected chi connectivity index (χ1v) is 20.3. The van der Waals surface area contributed by atoms with Crippen molar-refractivity contribution >= 4 is 0 Å². The minimum absolute atomic E-state index is 0.444. The van der Waals surface area contributed by atoms with Crippen LogP contribution in [0.25, 0.3) is 0 Å². The van der Waals surface area contributed by atoms with Crippen LogP contribution >= 0.6 is 0 Å². The molecule has 0 amide bonds. The minimum atomic E-state index is 0.444. The first-order chi connectivity index (χ1) is 20.6. The minimum Gasteiger partial charge on any atom is -0.297 e. The van der Waals surface area contributed by atoms with Crippen LogP contribution in [0.3, 0.4) is 0 Å². The van der Waals surface area contributed by atoms with Gasteiger partial charge in [-0.2, -0.15) is 0 Å². The van der Waals surface area contributed by atoms with E-state index in [2.05, 4.69) is 53.4 Å². The topological polar surface area (TPSA) is 3.24 Å². The third-order valence-electron chi connectivity index (χ3n) is 10.7. The average molecular weight is 592 g/mol. The molecule has 2 atom stereocenters. The Kier molecular flexibility index (Phi) is 30.9. The number of nitrogens with zero attached hydrogens (tertiary/aromatic N) is 1. The average Bonchev–Trinajstić information content (AvgIpc) is 3.01. The van der Waals surface area contributed by atoms with Gasteiger partial charge in [0.25, 0.3) is 0 Å². The molecule has 0 radical (unpaired) electrons. The number of rotatable bonds is 34. The largest absolute Gasteiger partial charge is 0.297 e. The van der Waals surface area contributed by atoms with E-state index in [0.717, 1.165) is 11.8 Å². The quantitative estimate of drug-likeness (QED) is 0.0673. The SMILES string of the molecule is CCCCCCCCC(CCCCCCCC)(CCCCCCCC)N(CC(CC)CCCC)CC(CC)CCCC. The Hall–Kier alpha value is -0.0400. The van der Waals surface area contributed by atoms with Crippen molar-refractivity contribution < 1.29 is 0 Å². The summed E-state index contributed by atoms with van der Waals surface area (Å²) in [6.45, 7) is 19.6. The van der Waals surface area contributed by atoms with Gasteiger partial charge in [-0.3, -0.25) is 4.90 Å². The van der Waals surface area contributed by atoms with E-state index in [0.29, 0.717) is 5.54 Å². The molecule has 0 aliphatic rings. The molecule has 0 rings (SSSR count). The Labute approximate surface area is 269 Å². The van der Waals surface area contributed by atoms with Crippen LogP contribution in [0.5, 0.6) is 0 Å². The van der Waals surface area contributed by atoms with E-state index >= 15 is 0 Å². The van der Waals surface area contributed by atoms with E-state index in [1.807, 2.05) is 0 Å². The molecule has 0 aromatic carbocycles. The normalized spacial score (nSPS) is 13.7. The Morgan fingerprint density at radius 3 is 0.929 bits per heavy atom. The maximum atomic E-state index is 3.21. The molecule has 0 N–H and O–H groups in total. The Morgan fingerprint density at radius 2 is 0.643 bits per heavy atom. The molecule has 0 fully saturated rings. The molecule has 0 aromatic rings. The molecule has 0 aromatic heterocycles. The molecule has 2 unspecified atom stereocenters. The van der Waals surface area contributed by atoms with Crippen molar-refractivity contribution in [1.29, 1.82) is 0 Å². The molecule has 0 spiro atoms. The molecule has 0 aliphatic carbocycles. The summed E-state index contributed by atoms with van der Waals surface area (Å²) in [5, 5.41) is 0. The van der Waals surface area contributed by atoms with Crippen molar-refractivity contribution in [3.63, 3.8) is 0 Å². The fraction of sp³-hybridized carbons (Fsp3) is 1.00. The highest BCUT2D eigenvalue weighted by atomic mass is 15.2. The van der Waals surface area contributed by atoms with Gasteiger partial charge in [0, 0.05) is 18.6 Å². The van der Waals surface area contributed by atoms with Gasteiger partial charge in [-0.05, 0) is 43.9 Å². The molecule has 0 aliphatic heterocycles. The van der Waals surface area contributed by atoms with Gasteiger partial charge in [-0.25, -0.2) is 0 Å². The predicted molar refractivity (Wildman–Crippen MR) is 195 cm³/mol. The summed E-state index contributed by atoms with van der Waals surface area (Å²) >= 11 is 0. The molecule has 0 saturated carbocycles. The third-order valence-corrected chi connectivity index (χ3v) is 10.7. The van der Waals surface area contributed by atoms with E-state index in [1.165, 1.54) is 199 Å². The molecule has 1 heteroatoms. The highest BCUT2D eigenvalue weighted by molar-refractivity contribution is 4.93. The van der Waals surface area contributed by atoms with Crippen LogP contribution < -0.4 is 0 Å². The standard InChI is InChI=1S/C41H85N/c1-8-15-20-23-26-29-34-41(35-30-27-24-21-16-9-2,36-31-28-25-22-17-10-3)42(37-39(13-6)32-18-11-4)38-40(14-7)33-19-12-5/h39-40H,8-38H2,1-7H3. The van der Waals surface area contributed by atoms with E-state index in [4.69, 9.17) is 0 Å². The van der Waals surface area contributed by atoms with Crippen LogP contribution in [0.1, 0.15) is 235 Å². The lowest BCUT2D eigenvalue weighted by molar-refractivity contribution is 0.0206. The molecular formula is C41H85N. The smallest absolute Gasteiger partial charge is 0.0209 e. The summed E-state index contributed by atoms with van der Waals surface area (Å²) in [6, 6.07) is 0. The van der Waals surface area contributed by atoms with Crippen LogP contribution in [-0.4, -0.2) is 23.5 Å². The molecular weight excluding hydrogens is 506 g/mol. The maximum absolute atomic E-state index is 3.21. The van der Waals surface area contributed by atoms with E-state index in [-0.39, 0.29) is 0 Å². The summed E-state index contributed by atoms with van der Waals surface area (Å²) in [4.78, 5) is 3.21. The van der Waals surface area contributed by atoms with Crippen LogP contribution in [0.15, 0.2) is 0 Å². The van der Waals surface area contributed by atoms with E-state index in [1.54, 1.807) is 0 Å². The van der Waals surface area contributed by atoms with Gasteiger partial charge in [0.2, 0.25) is 0 Å². The number of hydrogen-bond acceptors (Lipinski definition) is 1. The van der Waals surface area contributed by atoms with Gasteiger partial charge in [-0.15, -0.1) is 0 Å². The van der Waals surface area contributed by atoms with Gasteiger partial charge in [0.1, 0.15) is 0 Å². The zero-order chi connectivity index (χ0) is 31.2. The Morgan fingerprint density at radius 1 is 0.357 bits per heavy atom. The van der Waals surface area contributed by atoms with E-state index in [9.17, 15) is 0 Å². The predicted octanol–water partition coefficient (Wildman–Crippen LogP) is 14.7. The summed E-state index contributed by atoms with van der Waals surface area (Å²) < 4.78 is 0. The zero-order valence-corrected chi connectivity index (χ0v) is 31.0. The van der Waals surface area contributed by atoms with Crippen molar-refractivity contribution in [1.82, 2.24) is 4.90 Å². The molecule has 1 nitrogen and oxygen atoms in total. The van der Waals surface area contributed by atoms with Gasteiger partial charge < -0.3 is 0 Å². The second-order valence-corrected chi connectivity index (χ2v) is 14.5. The van der Waals surface area contributed by atoms with Gasteiger partial charge in [0.15, 0.2) is 0 Å². The Balaban J connectivity index is 6.12. The summed E-state index contributed by atoms with van der Waals surface area (Å²) in [5.41, 5.74) is 0.444. The fourth-order valence-corrected chi connectivity index (χ4v) is 7.47. The lowest BCUT2D eigenvalue weighted by Gasteiger charge is -2.48. The van der Waals surface area contributed by atoms with Crippen molar-refractivity contribution in [2.75, 3.05) is 13.1 Å². The first-order valence-electron chi connectivity index (χ1n) is 20.3. The van der Waals surface area contributed by atoms with Crippen LogP contribution in [0.2, 0.25) is 0 Å². The monoisotopic (exact) mass is 592 g/mol. The Bertz CT molecular complexity index is 454. The highest BCUT2D eigenvalue weighted by Crippen LogP contribution is 2.38. The lowest BCUT2D eigenvalue weighted by Crippen LogP contribution is -2.52. The summed E-state index contributed by atoms with van der Waals surface area (Å²) in [6.07, 6.45) is 41.4. The molecule has 254 valence electrons. The van der Waals surface area contributed by atoms with Crippen molar-refractivity contribution in [3.8, 4) is 0 Å². The highest BCUT2D eigenvalue weighted by Gasteiger charge is 2.37. The second kappa shape index (κ2) is 31.0. The maximum Gasteiger partial charge on any atom is 0.0209 e. The lowest BCUT2D eigenvalue weighted by atomic mass is 9.78. The molecule has 0 bridgehead atoms. The zero-order valence-electron chi connectivity index (χ0n) is 31.0.